The molecule has 0 spiro atoms. The molecule has 2 heterocycles. The van der Waals surface area contributed by atoms with Crippen LogP contribution in [0.4, 0.5) is 5.13 Å². The van der Waals surface area contributed by atoms with Crippen LogP contribution in [-0.4, -0.2) is 21.2 Å². The second kappa shape index (κ2) is 6.43. The van der Waals surface area contributed by atoms with E-state index in [1.165, 1.54) is 9.88 Å². The minimum absolute atomic E-state index is 0.378. The molecule has 0 radical (unpaired) electrons. The highest BCUT2D eigenvalue weighted by Gasteiger charge is 2.16. The molecular weight excluding hydrogens is 276 g/mol. The summed E-state index contributed by atoms with van der Waals surface area (Å²) in [6.07, 6.45) is 3.13. The van der Waals surface area contributed by atoms with E-state index in [9.17, 15) is 0 Å². The van der Waals surface area contributed by atoms with E-state index < -0.39 is 0 Å². The highest BCUT2D eigenvalue weighted by molar-refractivity contribution is 7.23. The third-order valence-electron chi connectivity index (χ3n) is 2.57. The minimum Gasteiger partial charge on any atom is -0.358 e. The Kier molecular flexibility index (Phi) is 4.87. The van der Waals surface area contributed by atoms with Crippen molar-refractivity contribution < 1.29 is 0 Å². The van der Waals surface area contributed by atoms with Gasteiger partial charge in [-0.05, 0) is 33.1 Å². The van der Waals surface area contributed by atoms with Gasteiger partial charge in [0.05, 0.1) is 15.6 Å². The van der Waals surface area contributed by atoms with Crippen molar-refractivity contribution in [3.8, 4) is 9.88 Å². The van der Waals surface area contributed by atoms with E-state index in [1.54, 1.807) is 22.7 Å². The normalized spacial score (nSPS) is 11.2. The lowest BCUT2D eigenvalue weighted by molar-refractivity contribution is 0.887. The highest BCUT2D eigenvalue weighted by atomic mass is 32.1. The van der Waals surface area contributed by atoms with Crippen molar-refractivity contribution in [2.24, 2.45) is 0 Å². The first kappa shape index (κ1) is 14.4. The van der Waals surface area contributed by atoms with Gasteiger partial charge in [-0.3, -0.25) is 0 Å². The van der Waals surface area contributed by atoms with E-state index in [2.05, 4.69) is 43.2 Å². The second-order valence-corrected chi connectivity index (χ2v) is 6.76. The summed E-state index contributed by atoms with van der Waals surface area (Å²) in [5, 5.41) is 14.9. The van der Waals surface area contributed by atoms with E-state index in [-0.39, 0.29) is 0 Å². The molecule has 4 nitrogen and oxygen atoms in total. The number of thiazole rings is 1. The van der Waals surface area contributed by atoms with Gasteiger partial charge >= 0.3 is 0 Å². The molecule has 0 aliphatic rings. The van der Waals surface area contributed by atoms with Crippen LogP contribution in [0, 0.1) is 0 Å². The van der Waals surface area contributed by atoms with Crippen molar-refractivity contribution in [2.45, 2.75) is 53.0 Å². The van der Waals surface area contributed by atoms with Crippen LogP contribution in [0.25, 0.3) is 9.88 Å². The highest BCUT2D eigenvalue weighted by Crippen LogP contribution is 2.34. The molecule has 0 saturated carbocycles. The lowest BCUT2D eigenvalue weighted by Crippen LogP contribution is -2.08. The van der Waals surface area contributed by atoms with Crippen molar-refractivity contribution >= 4 is 27.8 Å². The molecule has 104 valence electrons. The van der Waals surface area contributed by atoms with Crippen LogP contribution in [0.15, 0.2) is 0 Å². The molecule has 0 amide bonds. The first-order valence-electron chi connectivity index (χ1n) is 6.73. The topological polar surface area (TPSA) is 50.7 Å². The van der Waals surface area contributed by atoms with Gasteiger partial charge in [-0.2, -0.15) is 0 Å². The first-order valence-corrected chi connectivity index (χ1v) is 8.36. The van der Waals surface area contributed by atoms with Crippen molar-refractivity contribution in [1.82, 2.24) is 15.2 Å². The van der Waals surface area contributed by atoms with Gasteiger partial charge in [0, 0.05) is 6.04 Å². The van der Waals surface area contributed by atoms with Gasteiger partial charge in [0.25, 0.3) is 0 Å². The number of nitrogens with zero attached hydrogens (tertiary/aromatic N) is 3. The molecule has 19 heavy (non-hydrogen) atoms. The lowest BCUT2D eigenvalue weighted by Gasteiger charge is -2.03. The Morgan fingerprint density at radius 3 is 2.58 bits per heavy atom. The van der Waals surface area contributed by atoms with E-state index in [0.717, 1.165) is 35.1 Å². The Labute approximate surface area is 122 Å². The van der Waals surface area contributed by atoms with E-state index in [1.807, 2.05) is 0 Å². The summed E-state index contributed by atoms with van der Waals surface area (Å²) in [6.45, 7) is 8.53. The van der Waals surface area contributed by atoms with Gasteiger partial charge in [-0.25, -0.2) is 4.98 Å². The van der Waals surface area contributed by atoms with Gasteiger partial charge in [-0.15, -0.1) is 21.5 Å². The minimum atomic E-state index is 0.378. The maximum absolute atomic E-state index is 4.70. The lowest BCUT2D eigenvalue weighted by atomic mass is 10.3. The van der Waals surface area contributed by atoms with Crippen molar-refractivity contribution in [1.29, 1.82) is 0 Å². The average Bonchev–Trinajstić information content (AvgIpc) is 2.95. The molecule has 0 saturated heterocycles. The van der Waals surface area contributed by atoms with Gasteiger partial charge in [0.15, 0.2) is 5.01 Å². The van der Waals surface area contributed by atoms with Crippen molar-refractivity contribution in [3.05, 3.63) is 10.7 Å². The fraction of sp³-hybridized carbons (Fsp3) is 0.615. The Morgan fingerprint density at radius 1 is 1.16 bits per heavy atom. The Morgan fingerprint density at radius 2 is 1.95 bits per heavy atom. The van der Waals surface area contributed by atoms with Gasteiger partial charge in [0.1, 0.15) is 0 Å². The molecule has 0 fully saturated rings. The van der Waals surface area contributed by atoms with Gasteiger partial charge in [0.2, 0.25) is 5.13 Å². The molecule has 0 aliphatic carbocycles. The Hall–Kier alpha value is -1.01. The standard InChI is InChI=1S/C13H20N4S2/c1-5-7-10-15-9(6-2)11(18-10)12-16-17-13(19-12)14-8(3)4/h8H,5-7H2,1-4H3,(H,14,17). The second-order valence-electron chi connectivity index (χ2n) is 4.70. The molecule has 6 heteroatoms. The maximum Gasteiger partial charge on any atom is 0.206 e. The van der Waals surface area contributed by atoms with Crippen LogP contribution in [0.3, 0.4) is 0 Å². The fourth-order valence-corrected chi connectivity index (χ4v) is 3.98. The quantitative estimate of drug-likeness (QED) is 0.875. The predicted octanol–water partition coefficient (Wildman–Crippen LogP) is 4.00. The van der Waals surface area contributed by atoms with Crippen LogP contribution >= 0.6 is 22.7 Å². The summed E-state index contributed by atoms with van der Waals surface area (Å²) in [6, 6.07) is 0.378. The summed E-state index contributed by atoms with van der Waals surface area (Å²) in [5.74, 6) is 0. The monoisotopic (exact) mass is 296 g/mol. The van der Waals surface area contributed by atoms with E-state index >= 15 is 0 Å². The summed E-state index contributed by atoms with van der Waals surface area (Å²) in [5.41, 5.74) is 1.15. The van der Waals surface area contributed by atoms with Crippen LogP contribution in [0.1, 0.15) is 44.8 Å². The predicted molar refractivity (Wildman–Crippen MR) is 83.1 cm³/mol. The average molecular weight is 296 g/mol. The number of hydrogen-bond acceptors (Lipinski definition) is 6. The van der Waals surface area contributed by atoms with Gasteiger partial charge < -0.3 is 5.32 Å². The number of aromatic nitrogens is 3. The third kappa shape index (κ3) is 3.51. The summed E-state index contributed by atoms with van der Waals surface area (Å²) in [7, 11) is 0. The molecule has 2 aromatic heterocycles. The number of aryl methyl sites for hydroxylation is 2. The summed E-state index contributed by atoms with van der Waals surface area (Å²) in [4.78, 5) is 5.90. The Balaban J connectivity index is 2.27. The third-order valence-corrected chi connectivity index (χ3v) is 4.74. The SMILES string of the molecule is CCCc1nc(CC)c(-c2nnc(NC(C)C)s2)s1. The van der Waals surface area contributed by atoms with E-state index in [4.69, 9.17) is 4.98 Å². The number of anilines is 1. The first-order chi connectivity index (χ1) is 9.13. The van der Waals surface area contributed by atoms with Crippen LogP contribution in [0.5, 0.6) is 0 Å². The smallest absolute Gasteiger partial charge is 0.206 e. The molecule has 2 rings (SSSR count). The van der Waals surface area contributed by atoms with E-state index in [0.29, 0.717) is 6.04 Å². The maximum atomic E-state index is 4.70. The zero-order valence-electron chi connectivity index (χ0n) is 11.9. The van der Waals surface area contributed by atoms with Gasteiger partial charge in [-0.1, -0.05) is 25.2 Å². The molecule has 0 atom stereocenters. The Bertz CT molecular complexity index is 530. The van der Waals surface area contributed by atoms with Crippen LogP contribution in [-0.2, 0) is 12.8 Å². The summed E-state index contributed by atoms with van der Waals surface area (Å²) >= 11 is 3.38. The molecule has 2 aromatic rings. The molecule has 0 aromatic carbocycles. The molecule has 1 N–H and O–H groups in total. The molecular formula is C13H20N4S2. The molecule has 0 bridgehead atoms. The zero-order valence-corrected chi connectivity index (χ0v) is 13.5. The molecule has 0 unspecified atom stereocenters. The largest absolute Gasteiger partial charge is 0.358 e. The van der Waals surface area contributed by atoms with Crippen LogP contribution in [0.2, 0.25) is 0 Å². The number of hydrogen-bond donors (Lipinski definition) is 1. The van der Waals surface area contributed by atoms with Crippen molar-refractivity contribution in [2.75, 3.05) is 5.32 Å². The fourth-order valence-electron chi connectivity index (χ4n) is 1.75. The van der Waals surface area contributed by atoms with Crippen molar-refractivity contribution in [3.63, 3.8) is 0 Å². The zero-order chi connectivity index (χ0) is 13.8. The molecule has 0 aliphatic heterocycles. The summed E-state index contributed by atoms with van der Waals surface area (Å²) < 4.78 is 0. The number of nitrogens with one attached hydrogen (secondary N) is 1. The number of rotatable bonds is 6. The van der Waals surface area contributed by atoms with Crippen LogP contribution < -0.4 is 5.32 Å².